The molecular formula is C21H24N2O2S. The van der Waals surface area contributed by atoms with Crippen LogP contribution in [0.3, 0.4) is 0 Å². The summed E-state index contributed by atoms with van der Waals surface area (Å²) in [6, 6.07) is 8.41. The predicted octanol–water partition coefficient (Wildman–Crippen LogP) is 4.21. The van der Waals surface area contributed by atoms with Gasteiger partial charge in [0.15, 0.2) is 0 Å². The highest BCUT2D eigenvalue weighted by Crippen LogP contribution is 2.59. The second kappa shape index (κ2) is 6.17. The van der Waals surface area contributed by atoms with Gasteiger partial charge in [-0.05, 0) is 44.6 Å². The van der Waals surface area contributed by atoms with Crippen LogP contribution in [0.4, 0.5) is 0 Å². The number of amides is 1. The quantitative estimate of drug-likeness (QED) is 0.815. The van der Waals surface area contributed by atoms with Gasteiger partial charge >= 0.3 is 0 Å². The minimum absolute atomic E-state index is 0.0256. The molecule has 4 nitrogen and oxygen atoms in total. The van der Waals surface area contributed by atoms with Gasteiger partial charge in [0.1, 0.15) is 11.1 Å². The van der Waals surface area contributed by atoms with Crippen LogP contribution in [0.2, 0.25) is 0 Å². The molecule has 0 N–H and O–H groups in total. The topological polar surface area (TPSA) is 42.4 Å². The third-order valence-electron chi connectivity index (χ3n) is 6.31. The van der Waals surface area contributed by atoms with Crippen LogP contribution in [0, 0.1) is 18.3 Å². The van der Waals surface area contributed by atoms with E-state index in [0.717, 1.165) is 48.0 Å². The van der Waals surface area contributed by atoms with Gasteiger partial charge < -0.3 is 9.64 Å². The fraction of sp³-hybridized carbons (Fsp3) is 0.524. The van der Waals surface area contributed by atoms with E-state index >= 15 is 0 Å². The Morgan fingerprint density at radius 1 is 1.38 bits per heavy atom. The minimum atomic E-state index is -0.0927. The molecule has 4 fully saturated rings. The lowest BCUT2D eigenvalue weighted by Crippen LogP contribution is -2.51. The number of morpholine rings is 1. The molecule has 1 amide bonds. The first-order valence-electron chi connectivity index (χ1n) is 9.56. The molecule has 136 valence electrons. The zero-order valence-corrected chi connectivity index (χ0v) is 15.9. The highest BCUT2D eigenvalue weighted by Gasteiger charge is 2.56. The second-order valence-electron chi connectivity index (χ2n) is 8.14. The lowest BCUT2D eigenvalue weighted by Gasteiger charge is -2.43. The summed E-state index contributed by atoms with van der Waals surface area (Å²) in [5.41, 5.74) is 3.35. The lowest BCUT2D eigenvalue weighted by atomic mass is 9.68. The first kappa shape index (κ1) is 16.5. The molecule has 1 aromatic carbocycles. The molecule has 0 radical (unpaired) electrons. The summed E-state index contributed by atoms with van der Waals surface area (Å²) in [5, 5.41) is 3.08. The van der Waals surface area contributed by atoms with Crippen molar-refractivity contribution in [2.24, 2.45) is 11.3 Å². The second-order valence-corrected chi connectivity index (χ2v) is 9.03. The molecule has 1 unspecified atom stereocenters. The molecule has 0 spiro atoms. The lowest BCUT2D eigenvalue weighted by molar-refractivity contribution is -0.154. The van der Waals surface area contributed by atoms with Crippen molar-refractivity contribution >= 4 is 17.2 Å². The molecule has 3 saturated carbocycles. The van der Waals surface area contributed by atoms with Crippen molar-refractivity contribution in [2.45, 2.75) is 38.7 Å². The Hall–Kier alpha value is -1.72. The van der Waals surface area contributed by atoms with E-state index in [9.17, 15) is 4.79 Å². The number of carbonyl (C=O) groups is 1. The number of fused-ring (bicyclic) bond motifs is 1. The van der Waals surface area contributed by atoms with Crippen molar-refractivity contribution in [2.75, 3.05) is 19.7 Å². The van der Waals surface area contributed by atoms with Crippen molar-refractivity contribution < 1.29 is 9.53 Å². The van der Waals surface area contributed by atoms with Gasteiger partial charge in [-0.2, -0.15) is 0 Å². The van der Waals surface area contributed by atoms with Gasteiger partial charge in [-0.25, -0.2) is 4.98 Å². The number of rotatable bonds is 3. The molecule has 3 aliphatic carbocycles. The summed E-state index contributed by atoms with van der Waals surface area (Å²) in [7, 11) is 0. The van der Waals surface area contributed by atoms with Gasteiger partial charge in [-0.3, -0.25) is 4.79 Å². The number of hydrogen-bond donors (Lipinski definition) is 0. The first-order chi connectivity index (χ1) is 12.6. The van der Waals surface area contributed by atoms with E-state index in [-0.39, 0.29) is 11.5 Å². The summed E-state index contributed by atoms with van der Waals surface area (Å²) in [6.07, 6.45) is 4.47. The Morgan fingerprint density at radius 3 is 3.04 bits per heavy atom. The van der Waals surface area contributed by atoms with Crippen LogP contribution in [0.15, 0.2) is 29.6 Å². The standard InChI is InChI=1S/C21H24N2O2S/c1-14-3-2-4-16(9-14)17-13-26-19(22-17)18-12-23(7-8-25-18)20(24)21-6-5-15(10-21)11-21/h2-4,9,13,15,18H,5-8,10-12H2,1H3. The Morgan fingerprint density at radius 2 is 2.27 bits per heavy atom. The Bertz CT molecular complexity index is 835. The Kier molecular flexibility index (Phi) is 3.90. The van der Waals surface area contributed by atoms with Gasteiger partial charge in [0.2, 0.25) is 5.91 Å². The van der Waals surface area contributed by atoms with Gasteiger partial charge in [0, 0.05) is 22.9 Å². The Balaban J connectivity index is 1.32. The number of thiazole rings is 1. The number of ether oxygens (including phenoxy) is 1. The maximum absolute atomic E-state index is 13.1. The number of aryl methyl sites for hydroxylation is 1. The highest BCUT2D eigenvalue weighted by atomic mass is 32.1. The molecule has 5 heteroatoms. The highest BCUT2D eigenvalue weighted by molar-refractivity contribution is 7.10. The molecule has 1 aliphatic heterocycles. The number of carbonyl (C=O) groups excluding carboxylic acids is 1. The van der Waals surface area contributed by atoms with Crippen LogP contribution < -0.4 is 0 Å². The van der Waals surface area contributed by atoms with E-state index < -0.39 is 0 Å². The van der Waals surface area contributed by atoms with Crippen LogP contribution in [-0.2, 0) is 9.53 Å². The van der Waals surface area contributed by atoms with Crippen molar-refractivity contribution in [1.82, 2.24) is 9.88 Å². The minimum Gasteiger partial charge on any atom is -0.367 e. The molecule has 1 atom stereocenters. The summed E-state index contributed by atoms with van der Waals surface area (Å²) >= 11 is 1.64. The normalized spacial score (nSPS) is 30.3. The fourth-order valence-corrected chi connectivity index (χ4v) is 5.77. The Labute approximate surface area is 158 Å². The molecule has 2 heterocycles. The number of benzene rings is 1. The molecule has 6 rings (SSSR count). The van der Waals surface area contributed by atoms with Gasteiger partial charge in [0.05, 0.1) is 18.8 Å². The summed E-state index contributed by atoms with van der Waals surface area (Å²) in [4.78, 5) is 19.9. The van der Waals surface area contributed by atoms with E-state index in [0.29, 0.717) is 19.1 Å². The monoisotopic (exact) mass is 368 g/mol. The SMILES string of the molecule is Cc1cccc(-c2csc(C3CN(C(=O)C45CCC(C4)C5)CCO3)n2)c1. The largest absolute Gasteiger partial charge is 0.367 e. The smallest absolute Gasteiger partial charge is 0.228 e. The number of nitrogens with zero attached hydrogens (tertiary/aromatic N) is 2. The third kappa shape index (κ3) is 2.69. The molecule has 4 aliphatic rings. The van der Waals surface area contributed by atoms with Crippen LogP contribution in [-0.4, -0.2) is 35.5 Å². The van der Waals surface area contributed by atoms with E-state index in [2.05, 4.69) is 36.6 Å². The fourth-order valence-electron chi connectivity index (χ4n) is 4.91. The maximum atomic E-state index is 13.1. The van der Waals surface area contributed by atoms with Gasteiger partial charge in [-0.15, -0.1) is 11.3 Å². The summed E-state index contributed by atoms with van der Waals surface area (Å²) < 4.78 is 5.98. The zero-order chi connectivity index (χ0) is 17.7. The average molecular weight is 369 g/mol. The number of aromatic nitrogens is 1. The molecule has 2 bridgehead atoms. The van der Waals surface area contributed by atoms with Crippen LogP contribution in [0.1, 0.15) is 42.4 Å². The predicted molar refractivity (Wildman–Crippen MR) is 102 cm³/mol. The molecular weight excluding hydrogens is 344 g/mol. The zero-order valence-electron chi connectivity index (χ0n) is 15.1. The number of hydrogen-bond acceptors (Lipinski definition) is 4. The molecule has 2 aromatic rings. The van der Waals surface area contributed by atoms with E-state index in [1.165, 1.54) is 12.0 Å². The maximum Gasteiger partial charge on any atom is 0.228 e. The van der Waals surface area contributed by atoms with E-state index in [1.807, 2.05) is 4.90 Å². The van der Waals surface area contributed by atoms with Gasteiger partial charge in [-0.1, -0.05) is 23.8 Å². The molecule has 1 aromatic heterocycles. The first-order valence-corrected chi connectivity index (χ1v) is 10.4. The van der Waals surface area contributed by atoms with E-state index in [1.54, 1.807) is 11.3 Å². The average Bonchev–Trinajstić information content (AvgIpc) is 3.36. The summed E-state index contributed by atoms with van der Waals surface area (Å²) in [5.74, 6) is 1.18. The van der Waals surface area contributed by atoms with Crippen molar-refractivity contribution in [3.63, 3.8) is 0 Å². The third-order valence-corrected chi connectivity index (χ3v) is 7.25. The molecule has 26 heavy (non-hydrogen) atoms. The van der Waals surface area contributed by atoms with Crippen LogP contribution in [0.25, 0.3) is 11.3 Å². The van der Waals surface area contributed by atoms with Crippen LogP contribution >= 0.6 is 11.3 Å². The van der Waals surface area contributed by atoms with Crippen LogP contribution in [0.5, 0.6) is 0 Å². The molecule has 1 saturated heterocycles. The van der Waals surface area contributed by atoms with Crippen molar-refractivity contribution in [3.05, 3.63) is 40.2 Å². The van der Waals surface area contributed by atoms with Crippen molar-refractivity contribution in [1.29, 1.82) is 0 Å². The van der Waals surface area contributed by atoms with E-state index in [4.69, 9.17) is 9.72 Å². The van der Waals surface area contributed by atoms with Crippen molar-refractivity contribution in [3.8, 4) is 11.3 Å². The summed E-state index contributed by atoms with van der Waals surface area (Å²) in [6.45, 7) is 4.07. The van der Waals surface area contributed by atoms with Gasteiger partial charge in [0.25, 0.3) is 0 Å².